The molecule has 6 heteroatoms. The Labute approximate surface area is 176 Å². The zero-order chi connectivity index (χ0) is 20.4. The van der Waals surface area contributed by atoms with Crippen molar-refractivity contribution in [3.63, 3.8) is 0 Å². The molecule has 1 heterocycles. The van der Waals surface area contributed by atoms with Crippen LogP contribution in [0.4, 0.5) is 5.69 Å². The monoisotopic (exact) mass is 421 g/mol. The molecular formula is C23H16ClNO3S. The Morgan fingerprint density at radius 1 is 0.931 bits per heavy atom. The van der Waals surface area contributed by atoms with Gasteiger partial charge in [-0.1, -0.05) is 47.5 Å². The zero-order valence-electron chi connectivity index (χ0n) is 15.4. The Morgan fingerprint density at radius 3 is 2.31 bits per heavy atom. The zero-order valence-corrected chi connectivity index (χ0v) is 17.0. The first kappa shape index (κ1) is 19.2. The molecule has 0 spiro atoms. The average Bonchev–Trinajstić information content (AvgIpc) is 3.07. The van der Waals surface area contributed by atoms with E-state index in [1.54, 1.807) is 24.3 Å². The van der Waals surface area contributed by atoms with Crippen molar-refractivity contribution in [1.29, 1.82) is 0 Å². The molecule has 4 rings (SSSR count). The first-order valence-electron chi connectivity index (χ1n) is 8.88. The molecule has 3 aromatic carbocycles. The van der Waals surface area contributed by atoms with Crippen LogP contribution >= 0.6 is 22.9 Å². The molecule has 0 saturated heterocycles. The third kappa shape index (κ3) is 4.16. The fourth-order valence-electron chi connectivity index (χ4n) is 2.81. The van der Waals surface area contributed by atoms with E-state index in [0.717, 1.165) is 21.3 Å². The molecule has 0 aliphatic rings. The van der Waals surface area contributed by atoms with Crippen LogP contribution in [-0.2, 0) is 0 Å². The number of nitrogens with one attached hydrogen (secondary N) is 1. The molecule has 1 aromatic heterocycles. The van der Waals surface area contributed by atoms with E-state index >= 15 is 0 Å². The van der Waals surface area contributed by atoms with Gasteiger partial charge in [-0.2, -0.15) is 0 Å². The lowest BCUT2D eigenvalue weighted by Gasteiger charge is -2.07. The van der Waals surface area contributed by atoms with Crippen LogP contribution in [0.3, 0.4) is 0 Å². The van der Waals surface area contributed by atoms with Gasteiger partial charge in [0.15, 0.2) is 0 Å². The number of thiophene rings is 1. The Balaban J connectivity index is 1.46. The molecule has 0 saturated carbocycles. The van der Waals surface area contributed by atoms with Gasteiger partial charge in [0.25, 0.3) is 5.91 Å². The van der Waals surface area contributed by atoms with Crippen LogP contribution in [0, 0.1) is 6.92 Å². The van der Waals surface area contributed by atoms with Crippen LogP contribution in [0.1, 0.15) is 25.6 Å². The second-order valence-electron chi connectivity index (χ2n) is 6.48. The smallest absolute Gasteiger partial charge is 0.355 e. The van der Waals surface area contributed by atoms with Crippen molar-refractivity contribution in [3.8, 4) is 5.75 Å². The molecule has 29 heavy (non-hydrogen) atoms. The third-order valence-corrected chi connectivity index (χ3v) is 6.01. The predicted molar refractivity (Wildman–Crippen MR) is 117 cm³/mol. The lowest BCUT2D eigenvalue weighted by Crippen LogP contribution is -2.12. The number of esters is 1. The number of fused-ring (bicyclic) bond motifs is 1. The van der Waals surface area contributed by atoms with Gasteiger partial charge in [0.1, 0.15) is 10.6 Å². The molecule has 0 radical (unpaired) electrons. The van der Waals surface area contributed by atoms with Crippen molar-refractivity contribution in [2.24, 2.45) is 0 Å². The maximum atomic E-state index is 12.5. The number of carbonyl (C=O) groups excluding carboxylic acids is 2. The van der Waals surface area contributed by atoms with Gasteiger partial charge in [-0.3, -0.25) is 4.79 Å². The largest absolute Gasteiger partial charge is 0.422 e. The second kappa shape index (κ2) is 8.07. The van der Waals surface area contributed by atoms with Crippen molar-refractivity contribution in [2.75, 3.05) is 5.32 Å². The molecular weight excluding hydrogens is 406 g/mol. The van der Waals surface area contributed by atoms with E-state index in [2.05, 4.69) is 5.32 Å². The number of aryl methyl sites for hydroxylation is 1. The highest BCUT2D eigenvalue weighted by molar-refractivity contribution is 7.21. The maximum Gasteiger partial charge on any atom is 0.355 e. The lowest BCUT2D eigenvalue weighted by atomic mass is 10.2. The molecule has 144 valence electrons. The highest BCUT2D eigenvalue weighted by Gasteiger charge is 2.19. The van der Waals surface area contributed by atoms with Crippen molar-refractivity contribution in [1.82, 2.24) is 0 Å². The van der Waals surface area contributed by atoms with E-state index in [4.69, 9.17) is 16.3 Å². The fraction of sp³-hybridized carbons (Fsp3) is 0.0435. The Hall–Kier alpha value is -3.15. The molecule has 0 fully saturated rings. The van der Waals surface area contributed by atoms with Crippen LogP contribution in [-0.4, -0.2) is 11.9 Å². The van der Waals surface area contributed by atoms with Gasteiger partial charge >= 0.3 is 5.97 Å². The summed E-state index contributed by atoms with van der Waals surface area (Å²) in [6.07, 6.45) is 0. The fourth-order valence-corrected chi connectivity index (χ4v) is 4.20. The molecule has 0 aliphatic carbocycles. The highest BCUT2D eigenvalue weighted by Crippen LogP contribution is 2.35. The van der Waals surface area contributed by atoms with E-state index < -0.39 is 5.97 Å². The first-order valence-corrected chi connectivity index (χ1v) is 10.1. The number of benzene rings is 3. The van der Waals surface area contributed by atoms with Gasteiger partial charge in [0.2, 0.25) is 0 Å². The van der Waals surface area contributed by atoms with E-state index in [9.17, 15) is 9.59 Å². The van der Waals surface area contributed by atoms with Crippen molar-refractivity contribution in [2.45, 2.75) is 6.92 Å². The van der Waals surface area contributed by atoms with Gasteiger partial charge in [-0.25, -0.2) is 4.79 Å². The minimum atomic E-state index is -0.520. The minimum Gasteiger partial charge on any atom is -0.422 e. The van der Waals surface area contributed by atoms with E-state index in [1.165, 1.54) is 11.3 Å². The van der Waals surface area contributed by atoms with Gasteiger partial charge in [-0.15, -0.1) is 11.3 Å². The summed E-state index contributed by atoms with van der Waals surface area (Å²) >= 11 is 7.62. The number of carbonyl (C=O) groups is 2. The number of ether oxygens (including phenoxy) is 1. The standard InChI is InChI=1S/C23H16ClNO3S/c1-14-6-10-16(11-7-14)25-22(26)15-8-12-17(13-9-15)28-23(27)21-20(24)18-4-2-3-5-19(18)29-21/h2-13H,1H3,(H,25,26). The predicted octanol–water partition coefficient (Wildman–Crippen LogP) is 6.33. The third-order valence-electron chi connectivity index (χ3n) is 4.36. The number of hydrogen-bond acceptors (Lipinski definition) is 4. The number of halogens is 1. The summed E-state index contributed by atoms with van der Waals surface area (Å²) in [4.78, 5) is 25.2. The summed E-state index contributed by atoms with van der Waals surface area (Å²) in [6.45, 7) is 1.98. The highest BCUT2D eigenvalue weighted by atomic mass is 35.5. The number of amides is 1. The maximum absolute atomic E-state index is 12.5. The van der Waals surface area contributed by atoms with E-state index in [0.29, 0.717) is 21.2 Å². The van der Waals surface area contributed by atoms with Crippen LogP contribution in [0.15, 0.2) is 72.8 Å². The van der Waals surface area contributed by atoms with E-state index in [1.807, 2.05) is 55.5 Å². The summed E-state index contributed by atoms with van der Waals surface area (Å²) in [5.74, 6) is -0.414. The molecule has 0 aliphatic heterocycles. The second-order valence-corrected chi connectivity index (χ2v) is 7.91. The van der Waals surface area contributed by atoms with Gasteiger partial charge in [0, 0.05) is 21.3 Å². The van der Waals surface area contributed by atoms with Crippen LogP contribution in [0.5, 0.6) is 5.75 Å². The molecule has 0 bridgehead atoms. The summed E-state index contributed by atoms with van der Waals surface area (Å²) in [5, 5.41) is 4.05. The van der Waals surface area contributed by atoms with E-state index in [-0.39, 0.29) is 5.91 Å². The average molecular weight is 422 g/mol. The Bertz CT molecular complexity index is 1200. The van der Waals surface area contributed by atoms with Crippen LogP contribution < -0.4 is 10.1 Å². The van der Waals surface area contributed by atoms with Crippen molar-refractivity contribution >= 4 is 50.6 Å². The number of anilines is 1. The van der Waals surface area contributed by atoms with Crippen molar-refractivity contribution < 1.29 is 14.3 Å². The minimum absolute atomic E-state index is 0.237. The molecule has 4 aromatic rings. The lowest BCUT2D eigenvalue weighted by molar-refractivity contribution is 0.0740. The summed E-state index contributed by atoms with van der Waals surface area (Å²) in [5.41, 5.74) is 2.30. The van der Waals surface area contributed by atoms with Gasteiger partial charge in [0.05, 0.1) is 5.02 Å². The van der Waals surface area contributed by atoms with Gasteiger partial charge in [-0.05, 0) is 49.4 Å². The molecule has 1 amide bonds. The van der Waals surface area contributed by atoms with Crippen LogP contribution in [0.25, 0.3) is 10.1 Å². The van der Waals surface area contributed by atoms with Gasteiger partial charge < -0.3 is 10.1 Å². The topological polar surface area (TPSA) is 55.4 Å². The summed E-state index contributed by atoms with van der Waals surface area (Å²) in [6, 6.07) is 21.5. The van der Waals surface area contributed by atoms with Crippen LogP contribution in [0.2, 0.25) is 5.02 Å². The molecule has 0 atom stereocenters. The quantitative estimate of drug-likeness (QED) is 0.309. The van der Waals surface area contributed by atoms with Crippen molar-refractivity contribution in [3.05, 3.63) is 93.8 Å². The molecule has 1 N–H and O–H groups in total. The first-order chi connectivity index (χ1) is 14.0. The number of rotatable bonds is 4. The SMILES string of the molecule is Cc1ccc(NC(=O)c2ccc(OC(=O)c3sc4ccccc4c3Cl)cc2)cc1. The summed E-state index contributed by atoms with van der Waals surface area (Å²) in [7, 11) is 0. The normalized spacial score (nSPS) is 10.7. The Kier molecular flexibility index (Phi) is 5.34. The Morgan fingerprint density at radius 2 is 1.62 bits per heavy atom. The summed E-state index contributed by atoms with van der Waals surface area (Å²) < 4.78 is 6.36. The number of hydrogen-bond donors (Lipinski definition) is 1. The molecule has 0 unspecified atom stereocenters. The molecule has 4 nitrogen and oxygen atoms in total.